The first kappa shape index (κ1) is 22.1. The number of carbonyl (C=O) groups excluding carboxylic acids is 2. The summed E-state index contributed by atoms with van der Waals surface area (Å²) in [4.78, 5) is 25.9. The molecule has 1 aliphatic heterocycles. The molecule has 168 valence electrons. The van der Waals surface area contributed by atoms with Crippen molar-refractivity contribution in [2.24, 2.45) is 0 Å². The predicted molar refractivity (Wildman–Crippen MR) is 117 cm³/mol. The van der Waals surface area contributed by atoms with Gasteiger partial charge >= 0.3 is 6.09 Å². The second-order valence-corrected chi connectivity index (χ2v) is 9.52. The fraction of sp³-hybridized carbons (Fsp3) is 0.300. The van der Waals surface area contributed by atoms with Gasteiger partial charge in [-0.05, 0) is 17.7 Å². The highest BCUT2D eigenvalue weighted by Gasteiger charge is 2.32. The van der Waals surface area contributed by atoms with E-state index in [2.05, 4.69) is 14.1 Å². The molecule has 3 aromatic rings. The minimum atomic E-state index is -3.76. The van der Waals surface area contributed by atoms with Crippen molar-refractivity contribution >= 4 is 44.8 Å². The molecule has 1 aliphatic rings. The highest BCUT2D eigenvalue weighted by Crippen LogP contribution is 2.25. The number of hydrogen-bond acceptors (Lipinski definition) is 8. The Hall–Kier alpha value is -3.09. The monoisotopic (exact) mass is 475 g/mol. The number of nitrogens with zero attached hydrogens (tertiary/aromatic N) is 4. The molecule has 10 nitrogen and oxygen atoms in total. The maximum absolute atomic E-state index is 13.1. The number of piperazine rings is 1. The molecule has 4 rings (SSSR count). The zero-order valence-corrected chi connectivity index (χ0v) is 18.6. The van der Waals surface area contributed by atoms with Gasteiger partial charge in [0.2, 0.25) is 15.9 Å². The van der Waals surface area contributed by atoms with Gasteiger partial charge in [-0.25, -0.2) is 13.2 Å². The molecule has 1 fully saturated rings. The molecule has 0 aliphatic carbocycles. The van der Waals surface area contributed by atoms with E-state index in [4.69, 9.17) is 4.74 Å². The number of amides is 2. The Morgan fingerprint density at radius 3 is 2.50 bits per heavy atom. The molecule has 0 radical (unpaired) electrons. The summed E-state index contributed by atoms with van der Waals surface area (Å²) in [6.07, 6.45) is -0.687. The van der Waals surface area contributed by atoms with Crippen LogP contribution < -0.4 is 5.32 Å². The third kappa shape index (κ3) is 4.87. The zero-order chi connectivity index (χ0) is 22.6. The summed E-state index contributed by atoms with van der Waals surface area (Å²) in [7, 11) is -3.76. The molecule has 0 spiro atoms. The number of carbonyl (C=O) groups is 2. The molecular weight excluding hydrogens is 454 g/mol. The Kier molecular flexibility index (Phi) is 6.63. The van der Waals surface area contributed by atoms with Gasteiger partial charge in [0.15, 0.2) is 0 Å². The van der Waals surface area contributed by atoms with E-state index in [9.17, 15) is 18.0 Å². The molecule has 0 bridgehead atoms. The molecule has 2 heterocycles. The van der Waals surface area contributed by atoms with Crippen molar-refractivity contribution in [3.8, 4) is 0 Å². The number of ether oxygens (including phenoxy) is 1. The first-order valence-electron chi connectivity index (χ1n) is 9.89. The SMILES string of the molecule is O=C(NCC(=O)N1CCN(S(=O)(=O)c2cccc3nsnc23)CC1)OCc1ccccc1. The Labute approximate surface area is 189 Å². The standard InChI is InChI=1S/C20H21N5O5S2/c26-18(13-21-20(27)30-14-15-5-2-1-3-6-15)24-9-11-25(12-10-24)32(28,29)17-8-4-7-16-19(17)23-31-22-16/h1-8H,9-14H2,(H,21,27). The van der Waals surface area contributed by atoms with Crippen molar-refractivity contribution < 1.29 is 22.7 Å². The van der Waals surface area contributed by atoms with E-state index in [-0.39, 0.29) is 50.1 Å². The minimum absolute atomic E-state index is 0.110. The zero-order valence-electron chi connectivity index (χ0n) is 17.0. The van der Waals surface area contributed by atoms with Gasteiger partial charge in [-0.15, -0.1) is 0 Å². The third-order valence-corrected chi connectivity index (χ3v) is 7.53. The number of sulfonamides is 1. The van der Waals surface area contributed by atoms with Gasteiger partial charge in [0.25, 0.3) is 0 Å². The molecule has 32 heavy (non-hydrogen) atoms. The summed E-state index contributed by atoms with van der Waals surface area (Å²) in [6.45, 7) is 0.651. The van der Waals surface area contributed by atoms with Crippen LogP contribution in [0.2, 0.25) is 0 Å². The lowest BCUT2D eigenvalue weighted by molar-refractivity contribution is -0.131. The summed E-state index contributed by atoms with van der Waals surface area (Å²) in [5.41, 5.74) is 1.74. The van der Waals surface area contributed by atoms with Crippen LogP contribution in [0.4, 0.5) is 4.79 Å². The molecule has 2 aromatic carbocycles. The summed E-state index contributed by atoms with van der Waals surface area (Å²) >= 11 is 0.963. The van der Waals surface area contributed by atoms with Crippen LogP contribution in [0, 0.1) is 0 Å². The van der Waals surface area contributed by atoms with E-state index < -0.39 is 16.1 Å². The topological polar surface area (TPSA) is 122 Å². The third-order valence-electron chi connectivity index (χ3n) is 5.05. The quantitative estimate of drug-likeness (QED) is 0.573. The largest absolute Gasteiger partial charge is 0.445 e. The summed E-state index contributed by atoms with van der Waals surface area (Å²) in [5.74, 6) is -0.301. The van der Waals surface area contributed by atoms with Crippen LogP contribution in [0.3, 0.4) is 0 Å². The van der Waals surface area contributed by atoms with Crippen molar-refractivity contribution in [3.63, 3.8) is 0 Å². The molecule has 12 heteroatoms. The highest BCUT2D eigenvalue weighted by atomic mass is 32.2. The maximum Gasteiger partial charge on any atom is 0.407 e. The summed E-state index contributed by atoms with van der Waals surface area (Å²) in [5, 5.41) is 2.44. The van der Waals surface area contributed by atoms with Crippen molar-refractivity contribution in [2.45, 2.75) is 11.5 Å². The van der Waals surface area contributed by atoms with Gasteiger partial charge < -0.3 is 15.0 Å². The van der Waals surface area contributed by atoms with Gasteiger partial charge in [-0.3, -0.25) is 4.79 Å². The number of hydrogen-bond donors (Lipinski definition) is 1. The normalized spacial score (nSPS) is 14.9. The van der Waals surface area contributed by atoms with Crippen LogP contribution in [0.1, 0.15) is 5.56 Å². The lowest BCUT2D eigenvalue weighted by Gasteiger charge is -2.34. The molecule has 0 saturated carbocycles. The van der Waals surface area contributed by atoms with Crippen molar-refractivity contribution in [1.29, 1.82) is 0 Å². The Morgan fingerprint density at radius 1 is 1.00 bits per heavy atom. The molecule has 1 saturated heterocycles. The summed E-state index contributed by atoms with van der Waals surface area (Å²) in [6, 6.07) is 14.1. The number of alkyl carbamates (subject to hydrolysis) is 1. The van der Waals surface area contributed by atoms with E-state index in [0.717, 1.165) is 17.3 Å². The average Bonchev–Trinajstić information content (AvgIpc) is 3.31. The smallest absolute Gasteiger partial charge is 0.407 e. The van der Waals surface area contributed by atoms with Crippen LogP contribution in [0.25, 0.3) is 11.0 Å². The maximum atomic E-state index is 13.1. The van der Waals surface area contributed by atoms with Crippen molar-refractivity contribution in [1.82, 2.24) is 23.3 Å². The number of benzene rings is 2. The van der Waals surface area contributed by atoms with Gasteiger partial charge in [0, 0.05) is 26.2 Å². The van der Waals surface area contributed by atoms with E-state index >= 15 is 0 Å². The van der Waals surface area contributed by atoms with Crippen LogP contribution in [-0.4, -0.2) is 71.1 Å². The van der Waals surface area contributed by atoms with E-state index in [1.807, 2.05) is 30.3 Å². The predicted octanol–water partition coefficient (Wildman–Crippen LogP) is 1.45. The molecule has 0 unspecified atom stereocenters. The van der Waals surface area contributed by atoms with Gasteiger partial charge in [0.1, 0.15) is 29.1 Å². The van der Waals surface area contributed by atoms with Gasteiger partial charge in [0.05, 0.1) is 11.7 Å². The molecule has 1 N–H and O–H groups in total. The molecule has 2 amide bonds. The molecule has 0 atom stereocenters. The van der Waals surface area contributed by atoms with Crippen LogP contribution in [-0.2, 0) is 26.2 Å². The van der Waals surface area contributed by atoms with E-state index in [0.29, 0.717) is 11.0 Å². The summed E-state index contributed by atoms with van der Waals surface area (Å²) < 4.78 is 40.8. The Bertz CT molecular complexity index is 1210. The number of nitrogens with one attached hydrogen (secondary N) is 1. The Balaban J connectivity index is 1.27. The fourth-order valence-electron chi connectivity index (χ4n) is 3.34. The van der Waals surface area contributed by atoms with Crippen molar-refractivity contribution in [3.05, 3.63) is 54.1 Å². The average molecular weight is 476 g/mol. The van der Waals surface area contributed by atoms with Gasteiger partial charge in [-0.1, -0.05) is 36.4 Å². The number of fused-ring (bicyclic) bond motifs is 1. The van der Waals surface area contributed by atoms with Crippen LogP contribution in [0.5, 0.6) is 0 Å². The second kappa shape index (κ2) is 9.59. The molecular formula is C20H21N5O5S2. The Morgan fingerprint density at radius 2 is 1.75 bits per heavy atom. The van der Waals surface area contributed by atoms with Crippen LogP contribution in [0.15, 0.2) is 53.4 Å². The number of rotatable bonds is 6. The van der Waals surface area contributed by atoms with E-state index in [1.165, 1.54) is 15.3 Å². The second-order valence-electron chi connectivity index (χ2n) is 7.09. The number of aromatic nitrogens is 2. The minimum Gasteiger partial charge on any atom is -0.445 e. The first-order valence-corrected chi connectivity index (χ1v) is 12.1. The molecule has 1 aromatic heterocycles. The van der Waals surface area contributed by atoms with Crippen molar-refractivity contribution in [2.75, 3.05) is 32.7 Å². The lowest BCUT2D eigenvalue weighted by Crippen LogP contribution is -2.52. The van der Waals surface area contributed by atoms with Crippen LogP contribution >= 0.6 is 11.7 Å². The van der Waals surface area contributed by atoms with E-state index in [1.54, 1.807) is 12.1 Å². The van der Waals surface area contributed by atoms with Gasteiger partial charge in [-0.2, -0.15) is 13.1 Å². The lowest BCUT2D eigenvalue weighted by atomic mass is 10.2. The first-order chi connectivity index (χ1) is 15.4. The highest BCUT2D eigenvalue weighted by molar-refractivity contribution is 7.89. The fourth-order valence-corrected chi connectivity index (χ4v) is 5.51.